The summed E-state index contributed by atoms with van der Waals surface area (Å²) in [6.07, 6.45) is 1.73. The van der Waals surface area contributed by atoms with Gasteiger partial charge in [-0.05, 0) is 18.2 Å². The summed E-state index contributed by atoms with van der Waals surface area (Å²) in [5, 5.41) is 2.68. The molecule has 0 N–H and O–H groups in total. The molecule has 112 valence electrons. The van der Waals surface area contributed by atoms with E-state index in [2.05, 4.69) is 15.0 Å². The normalized spacial score (nSPS) is 10.8. The van der Waals surface area contributed by atoms with Crippen molar-refractivity contribution in [1.29, 1.82) is 0 Å². The second-order valence-electron chi connectivity index (χ2n) is 4.48. The van der Waals surface area contributed by atoms with Gasteiger partial charge in [0.1, 0.15) is 10.7 Å². The first-order valence-corrected chi connectivity index (χ1v) is 7.38. The molecule has 0 saturated heterocycles. The van der Waals surface area contributed by atoms with Crippen molar-refractivity contribution in [2.45, 2.75) is 6.61 Å². The number of hydrogen-bond acceptors (Lipinski definition) is 7. The summed E-state index contributed by atoms with van der Waals surface area (Å²) in [6.45, 7) is 0.320. The number of nitrogens with zero attached hydrogens (tertiary/aromatic N) is 3. The van der Waals surface area contributed by atoms with E-state index in [1.807, 2.05) is 5.38 Å². The Morgan fingerprint density at radius 1 is 1.23 bits per heavy atom. The number of carbonyl (C=O) groups excluding carboxylic acids is 1. The Bertz CT molecular complexity index is 818. The lowest BCUT2D eigenvalue weighted by molar-refractivity contribution is 0.0601. The van der Waals surface area contributed by atoms with E-state index in [1.54, 1.807) is 31.5 Å². The minimum absolute atomic E-state index is 0.320. The van der Waals surface area contributed by atoms with E-state index in [-0.39, 0.29) is 0 Å². The fourth-order valence-corrected chi connectivity index (χ4v) is 2.73. The number of methoxy groups -OCH3 is 2. The summed E-state index contributed by atoms with van der Waals surface area (Å²) < 4.78 is 9.92. The Hall–Kier alpha value is -2.38. The molecule has 3 rings (SSSR count). The van der Waals surface area contributed by atoms with Crippen LogP contribution in [-0.2, 0) is 16.1 Å². The van der Waals surface area contributed by atoms with Crippen molar-refractivity contribution >= 4 is 28.3 Å². The number of fused-ring (bicyclic) bond motifs is 1. The molecule has 6 nitrogen and oxygen atoms in total. The smallest absolute Gasteiger partial charge is 0.337 e. The van der Waals surface area contributed by atoms with Crippen molar-refractivity contribution < 1.29 is 14.3 Å². The molecule has 0 aliphatic rings. The van der Waals surface area contributed by atoms with Crippen LogP contribution in [0.25, 0.3) is 21.7 Å². The molecule has 0 fully saturated rings. The number of esters is 1. The Labute approximate surface area is 130 Å². The lowest BCUT2D eigenvalue weighted by Gasteiger charge is -2.08. The first-order chi connectivity index (χ1) is 10.7. The van der Waals surface area contributed by atoms with Gasteiger partial charge < -0.3 is 9.47 Å². The molecular formula is C15H13N3O3S. The Kier molecular flexibility index (Phi) is 4.08. The van der Waals surface area contributed by atoms with E-state index >= 15 is 0 Å². The van der Waals surface area contributed by atoms with Gasteiger partial charge in [0.15, 0.2) is 0 Å². The van der Waals surface area contributed by atoms with Crippen LogP contribution < -0.4 is 0 Å². The van der Waals surface area contributed by atoms with Crippen LogP contribution in [-0.4, -0.2) is 35.1 Å². The highest BCUT2D eigenvalue weighted by atomic mass is 32.1. The molecule has 0 unspecified atom stereocenters. The van der Waals surface area contributed by atoms with Crippen LogP contribution in [0.15, 0.2) is 29.8 Å². The first kappa shape index (κ1) is 14.6. The first-order valence-electron chi connectivity index (χ1n) is 6.50. The highest BCUT2D eigenvalue weighted by Crippen LogP contribution is 2.26. The second-order valence-corrected chi connectivity index (χ2v) is 5.38. The van der Waals surface area contributed by atoms with E-state index in [9.17, 15) is 4.79 Å². The standard InChI is InChI=1S/C15H13N3O3S/c1-20-8-12-13(14-16-5-6-22-14)18-10-4-3-9(15(19)21-2)7-11(10)17-12/h3-7H,8H2,1-2H3. The van der Waals surface area contributed by atoms with Gasteiger partial charge >= 0.3 is 5.97 Å². The molecule has 0 saturated carbocycles. The van der Waals surface area contributed by atoms with Crippen molar-refractivity contribution in [1.82, 2.24) is 15.0 Å². The molecule has 3 aromatic rings. The molecular weight excluding hydrogens is 302 g/mol. The van der Waals surface area contributed by atoms with Crippen LogP contribution in [0.1, 0.15) is 16.1 Å². The number of benzene rings is 1. The van der Waals surface area contributed by atoms with Crippen LogP contribution in [0, 0.1) is 0 Å². The molecule has 0 aliphatic carbocycles. The highest BCUT2D eigenvalue weighted by Gasteiger charge is 2.14. The molecule has 7 heteroatoms. The number of thiazole rings is 1. The summed E-state index contributed by atoms with van der Waals surface area (Å²) in [7, 11) is 2.95. The molecule has 0 radical (unpaired) electrons. The summed E-state index contributed by atoms with van der Waals surface area (Å²) in [6, 6.07) is 5.09. The molecule has 0 aliphatic heterocycles. The summed E-state index contributed by atoms with van der Waals surface area (Å²) in [5.41, 5.74) is 3.14. The monoisotopic (exact) mass is 315 g/mol. The average Bonchev–Trinajstić information content (AvgIpc) is 3.07. The number of ether oxygens (including phenoxy) is 2. The molecule has 2 aromatic heterocycles. The lowest BCUT2D eigenvalue weighted by atomic mass is 10.2. The van der Waals surface area contributed by atoms with Crippen LogP contribution in [0.3, 0.4) is 0 Å². The predicted octanol–water partition coefficient (Wildman–Crippen LogP) is 2.69. The molecule has 0 spiro atoms. The van der Waals surface area contributed by atoms with Crippen molar-refractivity contribution in [2.75, 3.05) is 14.2 Å². The number of hydrogen-bond donors (Lipinski definition) is 0. The van der Waals surface area contributed by atoms with Crippen LogP contribution >= 0.6 is 11.3 Å². The largest absolute Gasteiger partial charge is 0.465 e. The van der Waals surface area contributed by atoms with Crippen molar-refractivity contribution in [3.63, 3.8) is 0 Å². The number of aromatic nitrogens is 3. The zero-order chi connectivity index (χ0) is 15.5. The van der Waals surface area contributed by atoms with Crippen LogP contribution in [0.5, 0.6) is 0 Å². The van der Waals surface area contributed by atoms with Crippen molar-refractivity contribution in [3.8, 4) is 10.7 Å². The molecule has 0 atom stereocenters. The third-order valence-electron chi connectivity index (χ3n) is 3.07. The quantitative estimate of drug-likeness (QED) is 0.689. The zero-order valence-electron chi connectivity index (χ0n) is 12.1. The maximum atomic E-state index is 11.6. The van der Waals surface area contributed by atoms with E-state index in [0.29, 0.717) is 34.6 Å². The van der Waals surface area contributed by atoms with E-state index in [1.165, 1.54) is 18.4 Å². The van der Waals surface area contributed by atoms with Gasteiger partial charge in [-0.1, -0.05) is 0 Å². The molecule has 1 aromatic carbocycles. The Balaban J connectivity index is 2.17. The van der Waals surface area contributed by atoms with Gasteiger partial charge in [-0.3, -0.25) is 0 Å². The predicted molar refractivity (Wildman–Crippen MR) is 82.7 cm³/mol. The molecule has 0 amide bonds. The van der Waals surface area contributed by atoms with Crippen LogP contribution in [0.4, 0.5) is 0 Å². The van der Waals surface area contributed by atoms with Gasteiger partial charge in [-0.25, -0.2) is 19.7 Å². The van der Waals surface area contributed by atoms with Gasteiger partial charge in [-0.2, -0.15) is 0 Å². The third-order valence-corrected chi connectivity index (χ3v) is 3.85. The zero-order valence-corrected chi connectivity index (χ0v) is 12.9. The summed E-state index contributed by atoms with van der Waals surface area (Å²) in [5.74, 6) is -0.402. The van der Waals surface area contributed by atoms with Gasteiger partial charge in [0.25, 0.3) is 0 Å². The average molecular weight is 315 g/mol. The van der Waals surface area contributed by atoms with Crippen molar-refractivity contribution in [2.24, 2.45) is 0 Å². The lowest BCUT2D eigenvalue weighted by Crippen LogP contribution is -2.04. The minimum Gasteiger partial charge on any atom is -0.465 e. The van der Waals surface area contributed by atoms with Gasteiger partial charge in [-0.15, -0.1) is 11.3 Å². The highest BCUT2D eigenvalue weighted by molar-refractivity contribution is 7.13. The van der Waals surface area contributed by atoms with Crippen LogP contribution in [0.2, 0.25) is 0 Å². The Morgan fingerprint density at radius 2 is 2.09 bits per heavy atom. The van der Waals surface area contributed by atoms with Gasteiger partial charge in [0.05, 0.1) is 36.0 Å². The minimum atomic E-state index is -0.402. The van der Waals surface area contributed by atoms with Crippen molar-refractivity contribution in [3.05, 3.63) is 41.0 Å². The maximum Gasteiger partial charge on any atom is 0.337 e. The maximum absolute atomic E-state index is 11.6. The summed E-state index contributed by atoms with van der Waals surface area (Å²) >= 11 is 1.49. The molecule has 2 heterocycles. The molecule has 0 bridgehead atoms. The second kappa shape index (κ2) is 6.17. The van der Waals surface area contributed by atoms with E-state index in [4.69, 9.17) is 9.47 Å². The van der Waals surface area contributed by atoms with Gasteiger partial charge in [0, 0.05) is 18.7 Å². The van der Waals surface area contributed by atoms with E-state index in [0.717, 1.165) is 5.01 Å². The topological polar surface area (TPSA) is 74.2 Å². The third kappa shape index (κ3) is 2.68. The number of carbonyl (C=O) groups is 1. The summed E-state index contributed by atoms with van der Waals surface area (Å²) in [4.78, 5) is 25.1. The fraction of sp³-hybridized carbons (Fsp3) is 0.200. The molecule has 22 heavy (non-hydrogen) atoms. The number of rotatable bonds is 4. The SMILES string of the molecule is COCc1nc2cc(C(=O)OC)ccc2nc1-c1nccs1. The fourth-order valence-electron chi connectivity index (χ4n) is 2.08. The van der Waals surface area contributed by atoms with E-state index < -0.39 is 5.97 Å². The Morgan fingerprint density at radius 3 is 2.77 bits per heavy atom. The van der Waals surface area contributed by atoms with Gasteiger partial charge in [0.2, 0.25) is 0 Å².